The molecule has 0 aliphatic rings. The van der Waals surface area contributed by atoms with Gasteiger partial charge in [0.2, 0.25) is 0 Å². The molecule has 0 amide bonds. The highest BCUT2D eigenvalue weighted by atomic mass is 16.5. The molecule has 0 saturated heterocycles. The van der Waals surface area contributed by atoms with Crippen LogP contribution in [-0.4, -0.2) is 16.9 Å². The topological polar surface area (TPSA) is 63.6 Å². The van der Waals surface area contributed by atoms with Gasteiger partial charge in [0, 0.05) is 11.5 Å². The van der Waals surface area contributed by atoms with Crippen LogP contribution in [0, 0.1) is 0 Å². The lowest BCUT2D eigenvalue weighted by molar-refractivity contribution is -0.137. The predicted octanol–water partition coefficient (Wildman–Crippen LogP) is 4.60. The van der Waals surface area contributed by atoms with Gasteiger partial charge in [0.05, 0.1) is 6.42 Å². The first-order chi connectivity index (χ1) is 12.0. The van der Waals surface area contributed by atoms with E-state index in [-0.39, 0.29) is 18.1 Å². The molecule has 0 unspecified atom stereocenters. The summed E-state index contributed by atoms with van der Waals surface area (Å²) in [5.74, 6) is -0.206. The number of aliphatic carboxylic acids is 1. The molecule has 1 N–H and O–H groups in total. The molecule has 0 bridgehead atoms. The number of hydrogen-bond donors (Lipinski definition) is 1. The van der Waals surface area contributed by atoms with Crippen molar-refractivity contribution in [3.8, 4) is 5.75 Å². The summed E-state index contributed by atoms with van der Waals surface area (Å²) in [7, 11) is 0. The zero-order valence-corrected chi connectivity index (χ0v) is 14.4. The van der Waals surface area contributed by atoms with E-state index in [1.165, 1.54) is 0 Å². The summed E-state index contributed by atoms with van der Waals surface area (Å²) in [6.45, 7) is 3.83. The average Bonchev–Trinajstić information content (AvgIpc) is 2.60. The van der Waals surface area contributed by atoms with Crippen LogP contribution in [-0.2, 0) is 11.4 Å². The molecular formula is C21H22O4. The predicted molar refractivity (Wildman–Crippen MR) is 97.0 cm³/mol. The molecule has 0 aliphatic heterocycles. The number of carbonyl (C=O) groups excluding carboxylic acids is 1. The Morgan fingerprint density at radius 1 is 1.08 bits per heavy atom. The Morgan fingerprint density at radius 3 is 2.24 bits per heavy atom. The summed E-state index contributed by atoms with van der Waals surface area (Å²) in [6.07, 6.45) is 3.82. The largest absolute Gasteiger partial charge is 0.489 e. The number of carboxylic acids is 1. The molecule has 0 spiro atoms. The lowest BCUT2D eigenvalue weighted by Gasteiger charge is -2.12. The maximum Gasteiger partial charge on any atom is 0.304 e. The third kappa shape index (κ3) is 5.60. The van der Waals surface area contributed by atoms with Gasteiger partial charge in [0.15, 0.2) is 5.78 Å². The Balaban J connectivity index is 1.99. The van der Waals surface area contributed by atoms with Crippen molar-refractivity contribution in [3.05, 3.63) is 77.4 Å². The first-order valence-electron chi connectivity index (χ1n) is 8.17. The van der Waals surface area contributed by atoms with Gasteiger partial charge in [-0.1, -0.05) is 48.6 Å². The molecule has 2 rings (SSSR count). The van der Waals surface area contributed by atoms with Crippen LogP contribution in [0.4, 0.5) is 0 Å². The van der Waals surface area contributed by atoms with Crippen LogP contribution < -0.4 is 4.74 Å². The van der Waals surface area contributed by atoms with Crippen molar-refractivity contribution in [1.82, 2.24) is 0 Å². The molecule has 0 aliphatic carbocycles. The standard InChI is InChI=1S/C21H22O4/c1-3-4-19(13-21(23)24)18-9-11-20(12-10-18)25-14-16-5-7-17(8-6-16)15(2)22/h3-12,19H,13-14H2,1-2H3,(H,23,24)/t19-/m1/s1. The molecule has 2 aromatic carbocycles. The molecule has 0 fully saturated rings. The number of carbonyl (C=O) groups is 2. The summed E-state index contributed by atoms with van der Waals surface area (Å²) in [5.41, 5.74) is 2.60. The van der Waals surface area contributed by atoms with E-state index < -0.39 is 5.97 Å². The van der Waals surface area contributed by atoms with Crippen molar-refractivity contribution in [2.45, 2.75) is 32.8 Å². The minimum absolute atomic E-state index is 0.0418. The van der Waals surface area contributed by atoms with Crippen molar-refractivity contribution in [3.63, 3.8) is 0 Å². The monoisotopic (exact) mass is 338 g/mol. The summed E-state index contributed by atoms with van der Waals surface area (Å²) >= 11 is 0. The Bertz CT molecular complexity index is 742. The van der Waals surface area contributed by atoms with Crippen molar-refractivity contribution < 1.29 is 19.4 Å². The molecule has 0 radical (unpaired) electrons. The van der Waals surface area contributed by atoms with Gasteiger partial charge in [0.1, 0.15) is 12.4 Å². The summed E-state index contributed by atoms with van der Waals surface area (Å²) in [4.78, 5) is 22.2. The third-order valence-electron chi connectivity index (χ3n) is 3.89. The second kappa shape index (κ2) is 8.83. The van der Waals surface area contributed by atoms with Crippen LogP contribution in [0.15, 0.2) is 60.7 Å². The first-order valence-corrected chi connectivity index (χ1v) is 8.17. The van der Waals surface area contributed by atoms with E-state index in [0.717, 1.165) is 11.1 Å². The van der Waals surface area contributed by atoms with E-state index in [1.807, 2.05) is 55.5 Å². The molecule has 2 aromatic rings. The van der Waals surface area contributed by atoms with E-state index in [4.69, 9.17) is 9.84 Å². The second-order valence-corrected chi connectivity index (χ2v) is 5.84. The lowest BCUT2D eigenvalue weighted by atomic mass is 9.95. The molecule has 25 heavy (non-hydrogen) atoms. The highest BCUT2D eigenvalue weighted by Crippen LogP contribution is 2.24. The normalized spacial score (nSPS) is 12.1. The third-order valence-corrected chi connectivity index (χ3v) is 3.89. The molecule has 1 atom stereocenters. The van der Waals surface area contributed by atoms with Crippen molar-refractivity contribution in [2.75, 3.05) is 0 Å². The van der Waals surface area contributed by atoms with Crippen LogP contribution in [0.1, 0.15) is 47.7 Å². The van der Waals surface area contributed by atoms with Gasteiger partial charge in [-0.3, -0.25) is 9.59 Å². The van der Waals surface area contributed by atoms with Gasteiger partial charge in [-0.2, -0.15) is 0 Å². The van der Waals surface area contributed by atoms with Crippen molar-refractivity contribution >= 4 is 11.8 Å². The number of allylic oxidation sites excluding steroid dienone is 2. The average molecular weight is 338 g/mol. The smallest absolute Gasteiger partial charge is 0.304 e. The SMILES string of the molecule is CC=C[C@H](CC(=O)O)c1ccc(OCc2ccc(C(C)=O)cc2)cc1. The fraction of sp³-hybridized carbons (Fsp3) is 0.238. The molecular weight excluding hydrogens is 316 g/mol. The number of ether oxygens (including phenoxy) is 1. The highest BCUT2D eigenvalue weighted by molar-refractivity contribution is 5.93. The Kier molecular flexibility index (Phi) is 6.52. The maximum atomic E-state index is 11.3. The molecule has 0 saturated carbocycles. The number of carboxylic acid groups (broad SMARTS) is 1. The lowest BCUT2D eigenvalue weighted by Crippen LogP contribution is -2.04. The van der Waals surface area contributed by atoms with E-state index >= 15 is 0 Å². The minimum Gasteiger partial charge on any atom is -0.489 e. The zero-order chi connectivity index (χ0) is 18.2. The van der Waals surface area contributed by atoms with Crippen LogP contribution in [0.3, 0.4) is 0 Å². The van der Waals surface area contributed by atoms with Crippen molar-refractivity contribution in [2.24, 2.45) is 0 Å². The number of ketones is 1. The molecule has 4 nitrogen and oxygen atoms in total. The van der Waals surface area contributed by atoms with E-state index in [2.05, 4.69) is 0 Å². The second-order valence-electron chi connectivity index (χ2n) is 5.84. The van der Waals surface area contributed by atoms with Crippen LogP contribution >= 0.6 is 0 Å². The fourth-order valence-electron chi connectivity index (χ4n) is 2.53. The molecule has 0 aromatic heterocycles. The van der Waals surface area contributed by atoms with Crippen LogP contribution in [0.25, 0.3) is 0 Å². The molecule has 0 heterocycles. The zero-order valence-electron chi connectivity index (χ0n) is 14.4. The number of rotatable bonds is 8. The number of hydrogen-bond acceptors (Lipinski definition) is 3. The summed E-state index contributed by atoms with van der Waals surface area (Å²) < 4.78 is 5.75. The maximum absolute atomic E-state index is 11.3. The number of Topliss-reactive ketones (excluding diaryl/α,β-unsaturated/α-hetero) is 1. The van der Waals surface area contributed by atoms with Gasteiger partial charge < -0.3 is 9.84 Å². The van der Waals surface area contributed by atoms with Crippen LogP contribution in [0.5, 0.6) is 5.75 Å². The summed E-state index contributed by atoms with van der Waals surface area (Å²) in [5, 5.41) is 9.01. The van der Waals surface area contributed by atoms with Gasteiger partial charge in [0.25, 0.3) is 0 Å². The minimum atomic E-state index is -0.822. The Labute approximate surface area is 147 Å². The highest BCUT2D eigenvalue weighted by Gasteiger charge is 2.12. The van der Waals surface area contributed by atoms with E-state index in [9.17, 15) is 9.59 Å². The fourth-order valence-corrected chi connectivity index (χ4v) is 2.53. The first kappa shape index (κ1) is 18.5. The Morgan fingerprint density at radius 2 is 1.72 bits per heavy atom. The van der Waals surface area contributed by atoms with Crippen molar-refractivity contribution in [1.29, 1.82) is 0 Å². The van der Waals surface area contributed by atoms with E-state index in [0.29, 0.717) is 17.9 Å². The van der Waals surface area contributed by atoms with E-state index in [1.54, 1.807) is 19.1 Å². The Hall–Kier alpha value is -2.88. The van der Waals surface area contributed by atoms with Gasteiger partial charge in [-0.05, 0) is 37.1 Å². The van der Waals surface area contributed by atoms with Crippen LogP contribution in [0.2, 0.25) is 0 Å². The quantitative estimate of drug-likeness (QED) is 0.564. The van der Waals surface area contributed by atoms with Gasteiger partial charge in [-0.15, -0.1) is 0 Å². The molecule has 4 heteroatoms. The van der Waals surface area contributed by atoms with Gasteiger partial charge >= 0.3 is 5.97 Å². The number of benzene rings is 2. The van der Waals surface area contributed by atoms with Gasteiger partial charge in [-0.25, -0.2) is 0 Å². The summed E-state index contributed by atoms with van der Waals surface area (Å²) in [6, 6.07) is 14.8. The molecule has 130 valence electrons.